The second kappa shape index (κ2) is 6.52. The zero-order valence-corrected chi connectivity index (χ0v) is 18.4. The fraction of sp³-hybridized carbons (Fsp3) is 0.652. The van der Waals surface area contributed by atoms with Crippen LogP contribution in [0.4, 0.5) is 0 Å². The lowest BCUT2D eigenvalue weighted by Crippen LogP contribution is -2.75. The molecule has 1 heterocycles. The highest BCUT2D eigenvalue weighted by atomic mass is 16.6. The summed E-state index contributed by atoms with van der Waals surface area (Å²) in [5.74, 6) is -0.420. The van der Waals surface area contributed by atoms with Gasteiger partial charge in [-0.05, 0) is 47.9 Å². The molecule has 30 heavy (non-hydrogen) atoms. The molecule has 5 atom stereocenters. The molecule has 0 radical (unpaired) electrons. The molecule has 7 nitrogen and oxygen atoms in total. The molecule has 164 valence electrons. The maximum absolute atomic E-state index is 12.4. The summed E-state index contributed by atoms with van der Waals surface area (Å²) in [6.07, 6.45) is -1.50. The molecule has 2 N–H and O–H groups in total. The van der Waals surface area contributed by atoms with E-state index in [2.05, 4.69) is 0 Å². The summed E-state index contributed by atoms with van der Waals surface area (Å²) < 4.78 is 17.0. The topological polar surface area (TPSA) is 102 Å². The van der Waals surface area contributed by atoms with E-state index in [4.69, 9.17) is 14.2 Å². The van der Waals surface area contributed by atoms with Crippen LogP contribution in [0.3, 0.4) is 0 Å². The quantitative estimate of drug-likeness (QED) is 0.561. The molecule has 0 aromatic heterocycles. The number of carbonyl (C=O) groups excluding carboxylic acids is 2. The first-order chi connectivity index (χ1) is 13.9. The van der Waals surface area contributed by atoms with Gasteiger partial charge in [0.25, 0.3) is 0 Å². The highest BCUT2D eigenvalue weighted by molar-refractivity contribution is 5.82. The number of aliphatic hydroxyl groups excluding tert-OH is 1. The van der Waals surface area contributed by atoms with Crippen molar-refractivity contribution in [1.29, 1.82) is 0 Å². The molecule has 1 aliphatic heterocycles. The fourth-order valence-corrected chi connectivity index (χ4v) is 6.19. The molecule has 0 bridgehead atoms. The summed E-state index contributed by atoms with van der Waals surface area (Å²) in [7, 11) is 1.51. The summed E-state index contributed by atoms with van der Waals surface area (Å²) in [6.45, 7) is 8.83. The summed E-state index contributed by atoms with van der Waals surface area (Å²) in [5, 5.41) is 23.6. The van der Waals surface area contributed by atoms with Crippen LogP contribution in [0.2, 0.25) is 0 Å². The van der Waals surface area contributed by atoms with Crippen molar-refractivity contribution in [2.24, 2.45) is 5.41 Å². The Balaban J connectivity index is 2.10. The minimum Gasteiger partial charge on any atom is -0.456 e. The summed E-state index contributed by atoms with van der Waals surface area (Å²) in [6, 6.07) is 1.76. The van der Waals surface area contributed by atoms with Gasteiger partial charge in [0.1, 0.15) is 17.5 Å². The van der Waals surface area contributed by atoms with E-state index < -0.39 is 40.7 Å². The van der Waals surface area contributed by atoms with Gasteiger partial charge in [0.05, 0.1) is 17.9 Å². The summed E-state index contributed by atoms with van der Waals surface area (Å²) in [4.78, 5) is 24.1. The number of benzene rings is 1. The van der Waals surface area contributed by atoms with Gasteiger partial charge in [0, 0.05) is 19.6 Å². The van der Waals surface area contributed by atoms with Crippen LogP contribution in [0.25, 0.3) is 0 Å². The number of aliphatic hydroxyl groups is 2. The smallest absolute Gasteiger partial charge is 0.315 e. The zero-order valence-electron chi connectivity index (χ0n) is 18.4. The average Bonchev–Trinajstić information content (AvgIpc) is 3.04. The number of hydrogen-bond donors (Lipinski definition) is 2. The Hall–Kier alpha value is -1.96. The van der Waals surface area contributed by atoms with Crippen LogP contribution in [0.1, 0.15) is 68.9 Å². The van der Waals surface area contributed by atoms with Gasteiger partial charge >= 0.3 is 11.9 Å². The molecule has 0 spiro atoms. The Morgan fingerprint density at radius 2 is 1.97 bits per heavy atom. The number of ether oxygens (including phenoxy) is 3. The van der Waals surface area contributed by atoms with E-state index >= 15 is 0 Å². The normalized spacial score (nSPS) is 36.4. The van der Waals surface area contributed by atoms with Gasteiger partial charge in [0.15, 0.2) is 6.10 Å². The van der Waals surface area contributed by atoms with E-state index in [0.29, 0.717) is 24.2 Å². The third-order valence-electron chi connectivity index (χ3n) is 7.88. The van der Waals surface area contributed by atoms with Crippen molar-refractivity contribution in [2.75, 3.05) is 7.11 Å². The molecule has 1 saturated carbocycles. The Morgan fingerprint density at radius 3 is 2.57 bits per heavy atom. The van der Waals surface area contributed by atoms with Gasteiger partial charge in [-0.2, -0.15) is 0 Å². The first kappa shape index (κ1) is 21.3. The van der Waals surface area contributed by atoms with E-state index in [1.54, 1.807) is 6.07 Å². The Kier molecular flexibility index (Phi) is 4.62. The third kappa shape index (κ3) is 2.43. The van der Waals surface area contributed by atoms with Crippen molar-refractivity contribution in [3.05, 3.63) is 28.3 Å². The molecule has 0 amide bonds. The molecular weight excluding hydrogens is 388 g/mol. The predicted molar refractivity (Wildman–Crippen MR) is 107 cm³/mol. The van der Waals surface area contributed by atoms with E-state index in [1.807, 2.05) is 27.7 Å². The van der Waals surface area contributed by atoms with Gasteiger partial charge in [-0.3, -0.25) is 9.59 Å². The molecule has 0 saturated heterocycles. The first-order valence-corrected chi connectivity index (χ1v) is 10.4. The fourth-order valence-electron chi connectivity index (χ4n) is 6.19. The number of rotatable bonds is 2. The standard InChI is InChI=1S/C23H30O7/c1-11-13-9-17(26)30-15(13)10-14-18(11)19(28-6)20(29-12(2)24)23(27)21(3,4)8-7-16(25)22(14,23)5/h10,16,19-20,25,27H,7-9H2,1-6H3. The molecule has 5 unspecified atom stereocenters. The maximum atomic E-state index is 12.4. The van der Waals surface area contributed by atoms with Crippen LogP contribution in [-0.4, -0.2) is 47.1 Å². The maximum Gasteiger partial charge on any atom is 0.315 e. The van der Waals surface area contributed by atoms with E-state index in [-0.39, 0.29) is 12.4 Å². The van der Waals surface area contributed by atoms with Crippen molar-refractivity contribution in [1.82, 2.24) is 0 Å². The number of methoxy groups -OCH3 is 1. The average molecular weight is 418 g/mol. The minimum atomic E-state index is -1.62. The Bertz CT molecular complexity index is 936. The number of hydrogen-bond acceptors (Lipinski definition) is 7. The summed E-state index contributed by atoms with van der Waals surface area (Å²) >= 11 is 0. The van der Waals surface area contributed by atoms with Crippen molar-refractivity contribution in [2.45, 2.75) is 83.2 Å². The lowest BCUT2D eigenvalue weighted by atomic mass is 9.44. The van der Waals surface area contributed by atoms with E-state index in [9.17, 15) is 19.8 Å². The van der Waals surface area contributed by atoms with Crippen LogP contribution in [0, 0.1) is 12.3 Å². The van der Waals surface area contributed by atoms with Gasteiger partial charge in [-0.25, -0.2) is 0 Å². The van der Waals surface area contributed by atoms with Gasteiger partial charge in [-0.1, -0.05) is 20.8 Å². The highest BCUT2D eigenvalue weighted by Crippen LogP contribution is 2.64. The van der Waals surface area contributed by atoms with Gasteiger partial charge < -0.3 is 24.4 Å². The Labute approximate surface area is 176 Å². The van der Waals surface area contributed by atoms with Crippen molar-refractivity contribution in [3.8, 4) is 5.75 Å². The van der Waals surface area contributed by atoms with Crippen LogP contribution in [0.5, 0.6) is 5.75 Å². The van der Waals surface area contributed by atoms with Gasteiger partial charge in [0.2, 0.25) is 0 Å². The number of carbonyl (C=O) groups is 2. The molecule has 1 aromatic carbocycles. The zero-order chi connectivity index (χ0) is 22.2. The predicted octanol–water partition coefficient (Wildman–Crippen LogP) is 2.26. The second-order valence-corrected chi connectivity index (χ2v) is 9.68. The minimum absolute atomic E-state index is 0.151. The highest BCUT2D eigenvalue weighted by Gasteiger charge is 2.72. The van der Waals surface area contributed by atoms with E-state index in [1.165, 1.54) is 14.0 Å². The first-order valence-electron chi connectivity index (χ1n) is 10.4. The molecule has 1 fully saturated rings. The van der Waals surface area contributed by atoms with Crippen molar-refractivity contribution < 1.29 is 34.0 Å². The number of fused-ring (bicyclic) bond motifs is 4. The molecule has 4 rings (SSSR count). The lowest BCUT2D eigenvalue weighted by molar-refractivity contribution is -0.272. The molecule has 3 aliphatic rings. The van der Waals surface area contributed by atoms with Crippen LogP contribution in [-0.2, 0) is 30.9 Å². The van der Waals surface area contributed by atoms with Crippen LogP contribution < -0.4 is 4.74 Å². The molecule has 1 aromatic rings. The second-order valence-electron chi connectivity index (χ2n) is 9.68. The molecule has 7 heteroatoms. The summed E-state index contributed by atoms with van der Waals surface area (Å²) in [5.41, 5.74) is -0.513. The Morgan fingerprint density at radius 1 is 1.30 bits per heavy atom. The van der Waals surface area contributed by atoms with E-state index in [0.717, 1.165) is 16.7 Å². The van der Waals surface area contributed by atoms with Crippen LogP contribution >= 0.6 is 0 Å². The van der Waals surface area contributed by atoms with Crippen LogP contribution in [0.15, 0.2) is 6.07 Å². The van der Waals surface area contributed by atoms with Crippen molar-refractivity contribution in [3.63, 3.8) is 0 Å². The lowest BCUT2D eigenvalue weighted by Gasteiger charge is -2.65. The molecule has 2 aliphatic carbocycles. The number of esters is 2. The largest absolute Gasteiger partial charge is 0.456 e. The monoisotopic (exact) mass is 418 g/mol. The molecular formula is C23H30O7. The third-order valence-corrected chi connectivity index (χ3v) is 7.88. The van der Waals surface area contributed by atoms with Gasteiger partial charge in [-0.15, -0.1) is 0 Å². The van der Waals surface area contributed by atoms with Crippen molar-refractivity contribution >= 4 is 11.9 Å². The SMILES string of the molecule is COC1c2c(cc3c(c2C)CC(=O)O3)C2(C)C(O)CCC(C)(C)C2(O)C1OC(C)=O.